The second kappa shape index (κ2) is 6.28. The topological polar surface area (TPSA) is 55.6 Å². The molecule has 2 aromatic carbocycles. The highest BCUT2D eigenvalue weighted by molar-refractivity contribution is 6.30. The van der Waals surface area contributed by atoms with Gasteiger partial charge in [0.05, 0.1) is 0 Å². The minimum atomic E-state index is -0.265. The fourth-order valence-electron chi connectivity index (χ4n) is 2.72. The molecule has 3 rings (SSSR count). The molecule has 0 radical (unpaired) electrons. The molecule has 5 heteroatoms. The predicted molar refractivity (Wildman–Crippen MR) is 87.5 cm³/mol. The number of nitrogens with zero attached hydrogens (tertiary/aromatic N) is 1. The molecule has 1 aliphatic rings. The maximum absolute atomic E-state index is 11.5. The van der Waals surface area contributed by atoms with Gasteiger partial charge in [0.25, 0.3) is 0 Å². The van der Waals surface area contributed by atoms with Crippen molar-refractivity contribution in [2.45, 2.75) is 18.9 Å². The Labute approximate surface area is 134 Å². The second-order valence-corrected chi connectivity index (χ2v) is 5.74. The first-order chi connectivity index (χ1) is 10.6. The van der Waals surface area contributed by atoms with Crippen LogP contribution in [0.25, 0.3) is 0 Å². The average molecular weight is 317 g/mol. The molecule has 0 bridgehead atoms. The van der Waals surface area contributed by atoms with Crippen LogP contribution in [0, 0.1) is 0 Å². The number of carbonyl (C=O) groups excluding carboxylic acids is 1. The molecular formula is C17H17ClN2O2. The van der Waals surface area contributed by atoms with E-state index >= 15 is 0 Å². The number of primary amides is 1. The molecule has 0 aliphatic carbocycles. The van der Waals surface area contributed by atoms with Crippen LogP contribution in [0.2, 0.25) is 5.02 Å². The maximum Gasteiger partial charge on any atom is 0.240 e. The summed E-state index contributed by atoms with van der Waals surface area (Å²) in [5, 5.41) is 0.675. The fourth-order valence-corrected chi connectivity index (χ4v) is 2.84. The van der Waals surface area contributed by atoms with Crippen molar-refractivity contribution < 1.29 is 9.53 Å². The number of carbonyl (C=O) groups is 1. The second-order valence-electron chi connectivity index (χ2n) is 5.30. The normalized spacial score (nSPS) is 17.5. The summed E-state index contributed by atoms with van der Waals surface area (Å²) in [5.74, 6) is 1.20. The van der Waals surface area contributed by atoms with E-state index in [1.165, 1.54) is 0 Å². The number of amides is 1. The molecule has 0 saturated carbocycles. The Kier molecular flexibility index (Phi) is 4.20. The van der Waals surface area contributed by atoms with E-state index in [1.807, 2.05) is 36.4 Å². The van der Waals surface area contributed by atoms with Crippen LogP contribution in [0.15, 0.2) is 48.5 Å². The molecule has 1 atom stereocenters. The summed E-state index contributed by atoms with van der Waals surface area (Å²) in [4.78, 5) is 13.5. The van der Waals surface area contributed by atoms with Crippen LogP contribution in [0.5, 0.6) is 11.5 Å². The van der Waals surface area contributed by atoms with Crippen molar-refractivity contribution in [2.75, 3.05) is 11.4 Å². The molecule has 1 heterocycles. The maximum atomic E-state index is 11.5. The van der Waals surface area contributed by atoms with Crippen LogP contribution in [0.1, 0.15) is 12.8 Å². The molecule has 1 unspecified atom stereocenters. The van der Waals surface area contributed by atoms with Crippen molar-refractivity contribution in [2.24, 2.45) is 5.73 Å². The lowest BCUT2D eigenvalue weighted by atomic mass is 10.2. The van der Waals surface area contributed by atoms with Crippen molar-refractivity contribution in [1.82, 2.24) is 0 Å². The SMILES string of the molecule is NC(=O)C1CCCN1c1ccc(Oc2ccc(Cl)cc2)cc1. The number of hydrogen-bond donors (Lipinski definition) is 1. The van der Waals surface area contributed by atoms with Gasteiger partial charge >= 0.3 is 0 Å². The van der Waals surface area contributed by atoms with Gasteiger partial charge in [-0.2, -0.15) is 0 Å². The van der Waals surface area contributed by atoms with Gasteiger partial charge < -0.3 is 15.4 Å². The first-order valence-electron chi connectivity index (χ1n) is 7.23. The Morgan fingerprint density at radius 1 is 1.09 bits per heavy atom. The summed E-state index contributed by atoms with van der Waals surface area (Å²) >= 11 is 5.85. The van der Waals surface area contributed by atoms with Crippen molar-refractivity contribution in [3.63, 3.8) is 0 Å². The number of ether oxygens (including phenoxy) is 1. The molecular weight excluding hydrogens is 300 g/mol. The smallest absolute Gasteiger partial charge is 0.240 e. The van der Waals surface area contributed by atoms with Crippen LogP contribution < -0.4 is 15.4 Å². The highest BCUT2D eigenvalue weighted by Crippen LogP contribution is 2.29. The lowest BCUT2D eigenvalue weighted by molar-refractivity contribution is -0.119. The predicted octanol–water partition coefficient (Wildman–Crippen LogP) is 3.59. The van der Waals surface area contributed by atoms with Crippen molar-refractivity contribution in [1.29, 1.82) is 0 Å². The summed E-state index contributed by atoms with van der Waals surface area (Å²) in [6.45, 7) is 0.852. The highest BCUT2D eigenvalue weighted by Gasteiger charge is 2.28. The Morgan fingerprint density at radius 2 is 1.68 bits per heavy atom. The molecule has 4 nitrogen and oxygen atoms in total. The zero-order valence-electron chi connectivity index (χ0n) is 12.0. The number of hydrogen-bond acceptors (Lipinski definition) is 3. The van der Waals surface area contributed by atoms with Gasteiger partial charge in [0.1, 0.15) is 17.5 Å². The minimum absolute atomic E-state index is 0.206. The summed E-state index contributed by atoms with van der Waals surface area (Å²) in [5.41, 5.74) is 6.44. The Morgan fingerprint density at radius 3 is 2.27 bits per heavy atom. The summed E-state index contributed by atoms with van der Waals surface area (Å²) in [6, 6.07) is 14.7. The standard InChI is InChI=1S/C17H17ClN2O2/c18-12-3-7-14(8-4-12)22-15-9-5-13(6-10-15)20-11-1-2-16(20)17(19)21/h3-10,16H,1-2,11H2,(H2,19,21). The van der Waals surface area contributed by atoms with E-state index in [2.05, 4.69) is 4.90 Å². The molecule has 114 valence electrons. The summed E-state index contributed by atoms with van der Waals surface area (Å²) in [6.07, 6.45) is 1.80. The number of halogens is 1. The lowest BCUT2D eigenvalue weighted by Crippen LogP contribution is -2.40. The first kappa shape index (κ1) is 14.7. The van der Waals surface area contributed by atoms with Gasteiger partial charge in [-0.15, -0.1) is 0 Å². The van der Waals surface area contributed by atoms with Gasteiger partial charge in [-0.3, -0.25) is 4.79 Å². The van der Waals surface area contributed by atoms with E-state index in [9.17, 15) is 4.79 Å². The van der Waals surface area contributed by atoms with E-state index in [0.29, 0.717) is 5.02 Å². The van der Waals surface area contributed by atoms with Gasteiger partial charge in [-0.05, 0) is 61.4 Å². The average Bonchev–Trinajstić information content (AvgIpc) is 3.00. The summed E-state index contributed by atoms with van der Waals surface area (Å²) in [7, 11) is 0. The van der Waals surface area contributed by atoms with Gasteiger partial charge in [-0.1, -0.05) is 11.6 Å². The van der Waals surface area contributed by atoms with E-state index in [0.717, 1.165) is 36.6 Å². The number of benzene rings is 2. The molecule has 0 aromatic heterocycles. The molecule has 22 heavy (non-hydrogen) atoms. The lowest BCUT2D eigenvalue weighted by Gasteiger charge is -2.24. The third kappa shape index (κ3) is 3.17. The van der Waals surface area contributed by atoms with Crippen LogP contribution >= 0.6 is 11.6 Å². The third-order valence-corrected chi connectivity index (χ3v) is 4.05. The van der Waals surface area contributed by atoms with Crippen LogP contribution in [-0.4, -0.2) is 18.5 Å². The van der Waals surface area contributed by atoms with E-state index in [1.54, 1.807) is 12.1 Å². The van der Waals surface area contributed by atoms with Crippen LogP contribution in [-0.2, 0) is 4.79 Å². The largest absolute Gasteiger partial charge is 0.457 e. The third-order valence-electron chi connectivity index (χ3n) is 3.80. The molecule has 1 amide bonds. The minimum Gasteiger partial charge on any atom is -0.457 e. The van der Waals surface area contributed by atoms with Crippen molar-refractivity contribution in [3.8, 4) is 11.5 Å². The molecule has 2 N–H and O–H groups in total. The zero-order valence-corrected chi connectivity index (χ0v) is 12.8. The van der Waals surface area contributed by atoms with Crippen LogP contribution in [0.4, 0.5) is 5.69 Å². The summed E-state index contributed by atoms with van der Waals surface area (Å²) < 4.78 is 5.76. The molecule has 2 aromatic rings. The van der Waals surface area contributed by atoms with Crippen molar-refractivity contribution >= 4 is 23.2 Å². The van der Waals surface area contributed by atoms with Gasteiger partial charge in [0.15, 0.2) is 0 Å². The number of anilines is 1. The van der Waals surface area contributed by atoms with Gasteiger partial charge in [-0.25, -0.2) is 0 Å². The van der Waals surface area contributed by atoms with Gasteiger partial charge in [0.2, 0.25) is 5.91 Å². The quantitative estimate of drug-likeness (QED) is 0.938. The molecule has 1 aliphatic heterocycles. The Hall–Kier alpha value is -2.20. The Balaban J connectivity index is 1.72. The van der Waals surface area contributed by atoms with Crippen LogP contribution in [0.3, 0.4) is 0 Å². The molecule has 1 fully saturated rings. The molecule has 0 spiro atoms. The number of nitrogens with two attached hydrogens (primary N) is 1. The number of rotatable bonds is 4. The van der Waals surface area contributed by atoms with E-state index in [4.69, 9.17) is 22.1 Å². The van der Waals surface area contributed by atoms with Crippen molar-refractivity contribution in [3.05, 3.63) is 53.6 Å². The Bertz CT molecular complexity index is 655. The molecule has 1 saturated heterocycles. The van der Waals surface area contributed by atoms with E-state index < -0.39 is 0 Å². The fraction of sp³-hybridized carbons (Fsp3) is 0.235. The highest BCUT2D eigenvalue weighted by atomic mass is 35.5. The zero-order chi connectivity index (χ0) is 15.5. The monoisotopic (exact) mass is 316 g/mol. The van der Waals surface area contributed by atoms with Gasteiger partial charge in [0, 0.05) is 17.3 Å². The van der Waals surface area contributed by atoms with E-state index in [-0.39, 0.29) is 11.9 Å². The first-order valence-corrected chi connectivity index (χ1v) is 7.61.